The molecular weight excluding hydrogens is 284 g/mol. The third-order valence-electron chi connectivity index (χ3n) is 3.74. The zero-order chi connectivity index (χ0) is 16.3. The highest BCUT2D eigenvalue weighted by Crippen LogP contribution is 2.37. The van der Waals surface area contributed by atoms with Crippen LogP contribution in [0.25, 0.3) is 0 Å². The largest absolute Gasteiger partial charge is 0.497 e. The van der Waals surface area contributed by atoms with Gasteiger partial charge in [-0.3, -0.25) is 9.59 Å². The van der Waals surface area contributed by atoms with Crippen molar-refractivity contribution in [3.63, 3.8) is 0 Å². The van der Waals surface area contributed by atoms with Crippen molar-refractivity contribution in [1.29, 1.82) is 0 Å². The fraction of sp³-hybridized carbons (Fsp3) is 0.412. The van der Waals surface area contributed by atoms with E-state index in [2.05, 4.69) is 0 Å². The second kappa shape index (κ2) is 6.64. The number of methoxy groups -OCH3 is 3. The molecule has 1 aromatic rings. The molecule has 0 heterocycles. The number of carbonyl (C=O) groups is 2. The first kappa shape index (κ1) is 16.1. The monoisotopic (exact) mass is 304 g/mol. The van der Waals surface area contributed by atoms with Crippen LogP contribution >= 0.6 is 0 Å². The number of carbonyl (C=O) groups excluding carboxylic acids is 2. The Hall–Kier alpha value is -2.30. The molecule has 0 amide bonds. The summed E-state index contributed by atoms with van der Waals surface area (Å²) in [5, 5.41) is 0. The van der Waals surface area contributed by atoms with Crippen LogP contribution < -0.4 is 9.47 Å². The van der Waals surface area contributed by atoms with Crippen LogP contribution in [-0.4, -0.2) is 32.9 Å². The number of rotatable bonds is 6. The summed E-state index contributed by atoms with van der Waals surface area (Å²) in [5.74, 6) is 0.419. The molecule has 0 radical (unpaired) electrons. The first-order chi connectivity index (χ1) is 10.6. The van der Waals surface area contributed by atoms with Crippen molar-refractivity contribution in [2.45, 2.75) is 26.2 Å². The Labute approximate surface area is 129 Å². The highest BCUT2D eigenvalue weighted by Gasteiger charge is 2.35. The molecule has 0 aliphatic heterocycles. The molecule has 0 aromatic heterocycles. The molecule has 2 rings (SSSR count). The summed E-state index contributed by atoms with van der Waals surface area (Å²) in [6, 6.07) is 3.16. The summed E-state index contributed by atoms with van der Waals surface area (Å²) in [7, 11) is 4.37. The fourth-order valence-corrected chi connectivity index (χ4v) is 2.59. The Morgan fingerprint density at radius 1 is 0.955 bits per heavy atom. The Morgan fingerprint density at radius 3 is 2.23 bits per heavy atom. The van der Waals surface area contributed by atoms with E-state index in [1.165, 1.54) is 21.3 Å². The maximum absolute atomic E-state index is 12.8. The second-order valence-corrected chi connectivity index (χ2v) is 5.03. The summed E-state index contributed by atoms with van der Waals surface area (Å²) < 4.78 is 15.7. The van der Waals surface area contributed by atoms with E-state index < -0.39 is 0 Å². The molecule has 118 valence electrons. The molecule has 0 N–H and O–H groups in total. The van der Waals surface area contributed by atoms with Gasteiger partial charge in [-0.05, 0) is 18.9 Å². The Morgan fingerprint density at radius 2 is 1.68 bits per heavy atom. The number of ketones is 2. The number of unbranched alkanes of at least 4 members (excludes halogenated alkanes) is 1. The molecule has 1 aliphatic rings. The van der Waals surface area contributed by atoms with Crippen molar-refractivity contribution in [2.75, 3.05) is 21.3 Å². The number of benzene rings is 1. The predicted molar refractivity (Wildman–Crippen MR) is 81.8 cm³/mol. The zero-order valence-corrected chi connectivity index (χ0v) is 13.3. The van der Waals surface area contributed by atoms with E-state index in [0.717, 1.165) is 12.8 Å². The maximum atomic E-state index is 12.8. The minimum atomic E-state index is -0.305. The third-order valence-corrected chi connectivity index (χ3v) is 3.74. The maximum Gasteiger partial charge on any atom is 0.228 e. The van der Waals surface area contributed by atoms with Crippen LogP contribution in [0.3, 0.4) is 0 Å². The van der Waals surface area contributed by atoms with Gasteiger partial charge in [-0.25, -0.2) is 0 Å². The molecule has 0 saturated heterocycles. The van der Waals surface area contributed by atoms with Gasteiger partial charge in [0.2, 0.25) is 5.78 Å². The van der Waals surface area contributed by atoms with Gasteiger partial charge in [0, 0.05) is 17.2 Å². The van der Waals surface area contributed by atoms with Gasteiger partial charge in [0.25, 0.3) is 0 Å². The molecule has 5 nitrogen and oxygen atoms in total. The molecule has 0 atom stereocenters. The molecular formula is C17H20O5. The average molecular weight is 304 g/mol. The second-order valence-electron chi connectivity index (χ2n) is 5.03. The average Bonchev–Trinajstić information content (AvgIpc) is 2.55. The van der Waals surface area contributed by atoms with Gasteiger partial charge in [-0.2, -0.15) is 0 Å². The van der Waals surface area contributed by atoms with Gasteiger partial charge >= 0.3 is 0 Å². The molecule has 0 bridgehead atoms. The van der Waals surface area contributed by atoms with Crippen LogP contribution in [0.15, 0.2) is 23.5 Å². The van der Waals surface area contributed by atoms with Gasteiger partial charge in [-0.1, -0.05) is 13.3 Å². The molecule has 0 unspecified atom stereocenters. The van der Waals surface area contributed by atoms with Crippen molar-refractivity contribution in [3.05, 3.63) is 34.6 Å². The number of allylic oxidation sites excluding steroid dienone is 2. The van der Waals surface area contributed by atoms with Crippen LogP contribution in [-0.2, 0) is 4.74 Å². The standard InChI is InChI=1S/C17H20O5/c1-5-6-7-11-15(18)14-12(16(19)17(11)22-4)8-10(20-2)9-13(14)21-3/h8-9H,5-7H2,1-4H3. The molecule has 0 fully saturated rings. The van der Waals surface area contributed by atoms with Crippen molar-refractivity contribution >= 4 is 11.6 Å². The molecule has 0 spiro atoms. The first-order valence-corrected chi connectivity index (χ1v) is 7.21. The SMILES string of the molecule is CCCCC1=C(OC)C(=O)c2cc(OC)cc(OC)c2C1=O. The van der Waals surface area contributed by atoms with E-state index in [0.29, 0.717) is 29.1 Å². The van der Waals surface area contributed by atoms with Gasteiger partial charge < -0.3 is 14.2 Å². The molecule has 5 heteroatoms. The van der Waals surface area contributed by atoms with Crippen LogP contribution in [0.5, 0.6) is 11.5 Å². The highest BCUT2D eigenvalue weighted by molar-refractivity contribution is 6.27. The topological polar surface area (TPSA) is 61.8 Å². The molecule has 0 saturated carbocycles. The minimum Gasteiger partial charge on any atom is -0.497 e. The van der Waals surface area contributed by atoms with E-state index in [4.69, 9.17) is 14.2 Å². The normalized spacial score (nSPS) is 14.0. The number of ether oxygens (including phenoxy) is 3. The number of hydrogen-bond donors (Lipinski definition) is 0. The Bertz CT molecular complexity index is 643. The van der Waals surface area contributed by atoms with E-state index in [-0.39, 0.29) is 22.9 Å². The summed E-state index contributed by atoms with van der Waals surface area (Å²) in [4.78, 5) is 25.5. The Balaban J connectivity index is 2.64. The number of hydrogen-bond acceptors (Lipinski definition) is 5. The number of Topliss-reactive ketones (excluding diaryl/α,β-unsaturated/α-hetero) is 2. The summed E-state index contributed by atoms with van der Waals surface area (Å²) in [6.45, 7) is 2.03. The van der Waals surface area contributed by atoms with Crippen LogP contribution in [0.4, 0.5) is 0 Å². The van der Waals surface area contributed by atoms with E-state index in [1.54, 1.807) is 12.1 Å². The third kappa shape index (κ3) is 2.58. The van der Waals surface area contributed by atoms with Crippen molar-refractivity contribution in [1.82, 2.24) is 0 Å². The number of fused-ring (bicyclic) bond motifs is 1. The molecule has 1 aromatic carbocycles. The molecule has 1 aliphatic carbocycles. The lowest BCUT2D eigenvalue weighted by molar-refractivity contribution is 0.0900. The summed E-state index contributed by atoms with van der Waals surface area (Å²) in [5.41, 5.74) is 0.976. The van der Waals surface area contributed by atoms with Crippen LogP contribution in [0, 0.1) is 0 Å². The smallest absolute Gasteiger partial charge is 0.228 e. The first-order valence-electron chi connectivity index (χ1n) is 7.21. The summed E-state index contributed by atoms with van der Waals surface area (Å²) in [6.07, 6.45) is 2.25. The molecule has 22 heavy (non-hydrogen) atoms. The van der Waals surface area contributed by atoms with Crippen molar-refractivity contribution in [3.8, 4) is 11.5 Å². The quantitative estimate of drug-likeness (QED) is 0.807. The van der Waals surface area contributed by atoms with Gasteiger partial charge in [0.15, 0.2) is 11.5 Å². The van der Waals surface area contributed by atoms with E-state index in [1.807, 2.05) is 6.92 Å². The Kier molecular flexibility index (Phi) is 4.85. The predicted octanol–water partition coefficient (Wildman–Crippen LogP) is 3.17. The van der Waals surface area contributed by atoms with Gasteiger partial charge in [0.05, 0.1) is 26.9 Å². The van der Waals surface area contributed by atoms with Crippen LogP contribution in [0.2, 0.25) is 0 Å². The zero-order valence-electron chi connectivity index (χ0n) is 13.3. The van der Waals surface area contributed by atoms with E-state index in [9.17, 15) is 9.59 Å². The lowest BCUT2D eigenvalue weighted by atomic mass is 9.85. The van der Waals surface area contributed by atoms with Crippen molar-refractivity contribution < 1.29 is 23.8 Å². The summed E-state index contributed by atoms with van der Waals surface area (Å²) >= 11 is 0. The fourth-order valence-electron chi connectivity index (χ4n) is 2.59. The lowest BCUT2D eigenvalue weighted by Crippen LogP contribution is -2.24. The highest BCUT2D eigenvalue weighted by atomic mass is 16.5. The van der Waals surface area contributed by atoms with Gasteiger partial charge in [0.1, 0.15) is 11.5 Å². The van der Waals surface area contributed by atoms with Gasteiger partial charge in [-0.15, -0.1) is 0 Å². The lowest BCUT2D eigenvalue weighted by Gasteiger charge is -2.22. The van der Waals surface area contributed by atoms with E-state index >= 15 is 0 Å². The van der Waals surface area contributed by atoms with Crippen LogP contribution in [0.1, 0.15) is 46.9 Å². The minimum absolute atomic E-state index is 0.126. The van der Waals surface area contributed by atoms with Crippen molar-refractivity contribution in [2.24, 2.45) is 0 Å².